The number of thiazole rings is 1. The molecule has 0 unspecified atom stereocenters. The van der Waals surface area contributed by atoms with Crippen molar-refractivity contribution in [2.75, 3.05) is 5.32 Å². The second-order valence-electron chi connectivity index (χ2n) is 4.08. The van der Waals surface area contributed by atoms with E-state index in [0.29, 0.717) is 5.13 Å². The molecule has 1 N–H and O–H groups in total. The van der Waals surface area contributed by atoms with E-state index < -0.39 is 0 Å². The highest BCUT2D eigenvalue weighted by atomic mass is 35.5. The molecule has 0 saturated carbocycles. The number of halogens is 1. The Hall–Kier alpha value is -2.31. The van der Waals surface area contributed by atoms with Gasteiger partial charge in [-0.1, -0.05) is 41.9 Å². The van der Waals surface area contributed by atoms with Crippen LogP contribution >= 0.6 is 22.9 Å². The minimum Gasteiger partial charge on any atom is -0.296 e. The number of carbonyl (C=O) groups excluding carboxylic acids is 1. The minimum absolute atomic E-state index is 0.191. The lowest BCUT2D eigenvalue weighted by atomic mass is 10.2. The van der Waals surface area contributed by atoms with Crippen molar-refractivity contribution in [3.8, 4) is 11.3 Å². The van der Waals surface area contributed by atoms with Crippen LogP contribution in [0, 0.1) is 0 Å². The summed E-state index contributed by atoms with van der Waals surface area (Å²) in [5.74, 6) is -0.367. The zero-order valence-corrected chi connectivity index (χ0v) is 12.2. The first-order valence-corrected chi connectivity index (χ1v) is 7.28. The van der Waals surface area contributed by atoms with Gasteiger partial charge >= 0.3 is 0 Å². The zero-order chi connectivity index (χ0) is 14.7. The third-order valence-electron chi connectivity index (χ3n) is 2.65. The molecule has 21 heavy (non-hydrogen) atoms. The zero-order valence-electron chi connectivity index (χ0n) is 10.7. The van der Waals surface area contributed by atoms with Gasteiger partial charge < -0.3 is 0 Å². The highest BCUT2D eigenvalue weighted by Crippen LogP contribution is 2.24. The first kappa shape index (κ1) is 13.7. The quantitative estimate of drug-likeness (QED) is 0.803. The molecule has 5 nitrogen and oxygen atoms in total. The van der Waals surface area contributed by atoms with Crippen molar-refractivity contribution in [3.05, 3.63) is 59.0 Å². The van der Waals surface area contributed by atoms with Crippen LogP contribution in [-0.4, -0.2) is 20.9 Å². The maximum absolute atomic E-state index is 12.0. The van der Waals surface area contributed by atoms with E-state index in [9.17, 15) is 4.79 Å². The van der Waals surface area contributed by atoms with Gasteiger partial charge in [0.15, 0.2) is 5.13 Å². The largest absolute Gasteiger partial charge is 0.296 e. The van der Waals surface area contributed by atoms with Gasteiger partial charge in [0.2, 0.25) is 0 Å². The number of aromatic nitrogens is 3. The average molecular weight is 317 g/mol. The Morgan fingerprint density at radius 3 is 2.67 bits per heavy atom. The molecule has 0 aliphatic heterocycles. The molecule has 0 atom stereocenters. The molecule has 2 heterocycles. The molecule has 0 fully saturated rings. The molecule has 2 aromatic heterocycles. The molecule has 0 radical (unpaired) electrons. The lowest BCUT2D eigenvalue weighted by molar-refractivity contribution is 0.102. The molecule has 7 heteroatoms. The van der Waals surface area contributed by atoms with Crippen LogP contribution in [0.1, 0.15) is 10.5 Å². The van der Waals surface area contributed by atoms with Crippen LogP contribution in [0.3, 0.4) is 0 Å². The van der Waals surface area contributed by atoms with Crippen LogP contribution in [0.15, 0.2) is 48.1 Å². The van der Waals surface area contributed by atoms with Gasteiger partial charge in [0.1, 0.15) is 10.8 Å². The summed E-state index contributed by atoms with van der Waals surface area (Å²) >= 11 is 6.99. The summed E-state index contributed by atoms with van der Waals surface area (Å²) < 4.78 is 0. The van der Waals surface area contributed by atoms with Crippen molar-refractivity contribution < 1.29 is 4.79 Å². The maximum atomic E-state index is 12.0. The van der Waals surface area contributed by atoms with Crippen molar-refractivity contribution in [1.29, 1.82) is 0 Å². The summed E-state index contributed by atoms with van der Waals surface area (Å²) in [4.78, 5) is 24.1. The Morgan fingerprint density at radius 2 is 1.95 bits per heavy atom. The van der Waals surface area contributed by atoms with Crippen LogP contribution in [0.25, 0.3) is 11.3 Å². The molecule has 3 aromatic rings. The normalized spacial score (nSPS) is 10.3. The van der Waals surface area contributed by atoms with Gasteiger partial charge in [-0.3, -0.25) is 10.1 Å². The van der Waals surface area contributed by atoms with E-state index >= 15 is 0 Å². The molecule has 0 aliphatic rings. The van der Waals surface area contributed by atoms with Crippen LogP contribution in [0.4, 0.5) is 5.13 Å². The van der Waals surface area contributed by atoms with Gasteiger partial charge in [-0.25, -0.2) is 15.0 Å². The van der Waals surface area contributed by atoms with E-state index in [0.717, 1.165) is 11.3 Å². The predicted octanol–water partition coefficient (Wildman–Crippen LogP) is 3.51. The summed E-state index contributed by atoms with van der Waals surface area (Å²) in [6, 6.07) is 9.75. The van der Waals surface area contributed by atoms with Crippen molar-refractivity contribution in [3.63, 3.8) is 0 Å². The van der Waals surface area contributed by atoms with Crippen LogP contribution in [-0.2, 0) is 0 Å². The first-order valence-electron chi connectivity index (χ1n) is 6.02. The van der Waals surface area contributed by atoms with Crippen molar-refractivity contribution in [2.24, 2.45) is 0 Å². The molecule has 104 valence electrons. The smallest absolute Gasteiger partial charge is 0.277 e. The Morgan fingerprint density at radius 1 is 1.14 bits per heavy atom. The standard InChI is InChI=1S/C14H9ClN4OS/c15-12-7-16-10(6-17-12)13(20)19-14-18-11(8-21-14)9-4-2-1-3-5-9/h1-8H,(H,18,19,20). The number of hydrogen-bond donors (Lipinski definition) is 1. The van der Waals surface area contributed by atoms with Crippen LogP contribution in [0.2, 0.25) is 5.15 Å². The molecule has 1 amide bonds. The lowest BCUT2D eigenvalue weighted by Crippen LogP contribution is -2.13. The fourth-order valence-electron chi connectivity index (χ4n) is 1.66. The number of rotatable bonds is 3. The van der Waals surface area contributed by atoms with E-state index in [-0.39, 0.29) is 16.8 Å². The molecule has 0 bridgehead atoms. The first-order chi connectivity index (χ1) is 10.2. The fraction of sp³-hybridized carbons (Fsp3) is 0. The van der Waals surface area contributed by atoms with Crippen molar-refractivity contribution in [2.45, 2.75) is 0 Å². The molecule has 3 rings (SSSR count). The SMILES string of the molecule is O=C(Nc1nc(-c2ccccc2)cs1)c1cnc(Cl)cn1. The molecule has 1 aromatic carbocycles. The topological polar surface area (TPSA) is 67.8 Å². The molecule has 0 aliphatic carbocycles. The Bertz CT molecular complexity index is 758. The van der Waals surface area contributed by atoms with Crippen LogP contribution in [0.5, 0.6) is 0 Å². The molecule has 0 spiro atoms. The fourth-order valence-corrected chi connectivity index (χ4v) is 2.48. The molecule has 0 saturated heterocycles. The predicted molar refractivity (Wildman–Crippen MR) is 82.5 cm³/mol. The van der Waals surface area contributed by atoms with E-state index in [1.54, 1.807) is 0 Å². The maximum Gasteiger partial charge on any atom is 0.277 e. The van der Waals surface area contributed by atoms with Gasteiger partial charge in [-0.05, 0) is 0 Å². The highest BCUT2D eigenvalue weighted by molar-refractivity contribution is 7.14. The van der Waals surface area contributed by atoms with Gasteiger partial charge in [0.05, 0.1) is 18.1 Å². The monoisotopic (exact) mass is 316 g/mol. The van der Waals surface area contributed by atoms with Gasteiger partial charge in [0.25, 0.3) is 5.91 Å². The second kappa shape index (κ2) is 5.99. The number of nitrogens with zero attached hydrogens (tertiary/aromatic N) is 3. The third-order valence-corrected chi connectivity index (χ3v) is 3.60. The van der Waals surface area contributed by atoms with Gasteiger partial charge in [-0.15, -0.1) is 11.3 Å². The molecular formula is C14H9ClN4OS. The Labute approximate surface area is 129 Å². The van der Waals surface area contributed by atoms with E-state index in [1.165, 1.54) is 23.7 Å². The number of amides is 1. The Kier molecular flexibility index (Phi) is 3.89. The van der Waals surface area contributed by atoms with Crippen molar-refractivity contribution >= 4 is 34.0 Å². The van der Waals surface area contributed by atoms with Crippen LogP contribution < -0.4 is 5.32 Å². The number of anilines is 1. The minimum atomic E-state index is -0.367. The number of benzene rings is 1. The molecular weight excluding hydrogens is 308 g/mol. The summed E-state index contributed by atoms with van der Waals surface area (Å²) in [5, 5.41) is 5.33. The highest BCUT2D eigenvalue weighted by Gasteiger charge is 2.11. The summed E-state index contributed by atoms with van der Waals surface area (Å²) in [7, 11) is 0. The third kappa shape index (κ3) is 3.24. The van der Waals surface area contributed by atoms with Crippen molar-refractivity contribution in [1.82, 2.24) is 15.0 Å². The number of nitrogens with one attached hydrogen (secondary N) is 1. The lowest BCUT2D eigenvalue weighted by Gasteiger charge is -2.00. The number of carbonyl (C=O) groups is 1. The average Bonchev–Trinajstić information content (AvgIpc) is 2.97. The van der Waals surface area contributed by atoms with E-state index in [4.69, 9.17) is 11.6 Å². The van der Waals surface area contributed by atoms with E-state index in [2.05, 4.69) is 20.3 Å². The van der Waals surface area contributed by atoms with Gasteiger partial charge in [-0.2, -0.15) is 0 Å². The second-order valence-corrected chi connectivity index (χ2v) is 5.33. The summed E-state index contributed by atoms with van der Waals surface area (Å²) in [6.45, 7) is 0. The Balaban J connectivity index is 1.75. The van der Waals surface area contributed by atoms with Gasteiger partial charge in [0, 0.05) is 10.9 Å². The summed E-state index contributed by atoms with van der Waals surface area (Å²) in [6.07, 6.45) is 2.65. The van der Waals surface area contributed by atoms with E-state index in [1.807, 2.05) is 35.7 Å². The summed E-state index contributed by atoms with van der Waals surface area (Å²) in [5.41, 5.74) is 2.01. The number of hydrogen-bond acceptors (Lipinski definition) is 5.